The number of carboxylic acids is 1. The zero-order chi connectivity index (χ0) is 20.1. The maximum absolute atomic E-state index is 10.5. The lowest BCUT2D eigenvalue weighted by atomic mass is 10.0. The van der Waals surface area contributed by atoms with E-state index < -0.39 is 42.3 Å². The van der Waals surface area contributed by atoms with Gasteiger partial charge >= 0.3 is 5.97 Å². The van der Waals surface area contributed by atoms with E-state index in [1.165, 1.54) is 6.07 Å². The minimum absolute atomic E-state index is 0.548. The van der Waals surface area contributed by atoms with Crippen LogP contribution in [0.4, 0.5) is 0 Å². The Morgan fingerprint density at radius 3 is 2.12 bits per heavy atom. The van der Waals surface area contributed by atoms with E-state index in [9.17, 15) is 4.79 Å². The second kappa shape index (κ2) is 5.53. The van der Waals surface area contributed by atoms with E-state index in [0.717, 1.165) is 0 Å². The van der Waals surface area contributed by atoms with Gasteiger partial charge in [-0.25, -0.2) is 0 Å². The molecule has 0 aromatic rings. The summed E-state index contributed by atoms with van der Waals surface area (Å²) in [6.45, 7) is 3.26. The molecule has 17 heavy (non-hydrogen) atoms. The molecule has 2 rings (SSSR count). The predicted molar refractivity (Wildman–Crippen MR) is 66.4 cm³/mol. The Labute approximate surface area is 115 Å². The second-order valence-electron chi connectivity index (χ2n) is 5.04. The van der Waals surface area contributed by atoms with Crippen LogP contribution in [0.2, 0.25) is 0 Å². The van der Waals surface area contributed by atoms with Crippen molar-refractivity contribution in [1.29, 1.82) is 5.26 Å². The molecule has 0 amide bonds. The molecule has 0 heterocycles. The summed E-state index contributed by atoms with van der Waals surface area (Å²) in [4.78, 5) is 10.5. The number of aliphatic carboxylic acids is 1. The molecule has 2 saturated carbocycles. The molecule has 0 unspecified atom stereocenters. The smallest absolute Gasteiger partial charge is 0.303 e. The summed E-state index contributed by atoms with van der Waals surface area (Å²) in [5.41, 5.74) is -1.44. The maximum Gasteiger partial charge on any atom is 0.303 e. The lowest BCUT2D eigenvalue weighted by Gasteiger charge is -2.02. The van der Waals surface area contributed by atoms with Gasteiger partial charge in [0.1, 0.15) is 0 Å². The van der Waals surface area contributed by atoms with Gasteiger partial charge in [0, 0.05) is 23.7 Å². The third-order valence-corrected chi connectivity index (χ3v) is 2.89. The largest absolute Gasteiger partial charge is 0.481 e. The molecule has 2 aliphatic rings. The monoisotopic (exact) mass is 245 g/mol. The highest BCUT2D eigenvalue weighted by Gasteiger charge is 2.37. The number of rotatable bonds is 5. The Balaban J connectivity index is 0.000000251. The molecule has 0 saturated heterocycles. The molecular weight excluding hydrogens is 214 g/mol. The molecule has 2 aliphatic carbocycles. The molecule has 2 fully saturated rings. The van der Waals surface area contributed by atoms with Gasteiger partial charge in [0.25, 0.3) is 0 Å². The highest BCUT2D eigenvalue weighted by atomic mass is 16.4. The normalized spacial score (nSPS) is 32.1. The lowest BCUT2D eigenvalue weighted by molar-refractivity contribution is -0.137. The first kappa shape index (κ1) is 6.22. The Morgan fingerprint density at radius 1 is 1.29 bits per heavy atom. The molecule has 3 nitrogen and oxygen atoms in total. The fourth-order valence-corrected chi connectivity index (χ4v) is 1.01. The molecule has 0 bridgehead atoms. The van der Waals surface area contributed by atoms with Crippen molar-refractivity contribution >= 4 is 5.97 Å². The molecule has 0 aromatic heterocycles. The Hall–Kier alpha value is -1.04. The van der Waals surface area contributed by atoms with Gasteiger partial charge in [0.2, 0.25) is 0 Å². The van der Waals surface area contributed by atoms with Crippen molar-refractivity contribution in [3.8, 4) is 6.07 Å². The minimum Gasteiger partial charge on any atom is -0.481 e. The first-order valence-electron chi connectivity index (χ1n) is 9.57. The third kappa shape index (κ3) is 6.31. The van der Waals surface area contributed by atoms with Gasteiger partial charge in [-0.1, -0.05) is 13.8 Å². The number of carboxylic acid groups (broad SMARTS) is 1. The summed E-state index contributed by atoms with van der Waals surface area (Å²) in [5, 5.41) is 17.0. The van der Waals surface area contributed by atoms with Crippen molar-refractivity contribution in [1.82, 2.24) is 0 Å². The Kier molecular flexibility index (Phi) is 2.02. The number of hydrogen-bond donors (Lipinski definition) is 1. The van der Waals surface area contributed by atoms with Crippen LogP contribution in [0, 0.1) is 22.2 Å². The van der Waals surface area contributed by atoms with Crippen LogP contribution in [-0.2, 0) is 4.79 Å². The van der Waals surface area contributed by atoms with Crippen LogP contribution in [-0.4, -0.2) is 11.1 Å². The Morgan fingerprint density at radius 2 is 1.76 bits per heavy atom. The van der Waals surface area contributed by atoms with E-state index in [0.29, 0.717) is 25.7 Å². The van der Waals surface area contributed by atoms with Gasteiger partial charge in [-0.3, -0.25) is 4.79 Å². The van der Waals surface area contributed by atoms with Crippen LogP contribution in [0.5, 0.6) is 0 Å². The first-order chi connectivity index (χ1) is 10.9. The van der Waals surface area contributed by atoms with E-state index >= 15 is 0 Å². The highest BCUT2D eigenvalue weighted by Crippen LogP contribution is 2.49. The molecule has 1 N–H and O–H groups in total. The number of nitriles is 1. The van der Waals surface area contributed by atoms with E-state index in [4.69, 9.17) is 21.3 Å². The maximum atomic E-state index is 10.5. The van der Waals surface area contributed by atoms with Crippen LogP contribution in [0.1, 0.15) is 76.0 Å². The molecule has 0 spiro atoms. The molecule has 3 heteroatoms. The topological polar surface area (TPSA) is 61.1 Å². The average Bonchev–Trinajstić information content (AvgIpc) is 3.38. The van der Waals surface area contributed by atoms with Gasteiger partial charge in [-0.2, -0.15) is 5.26 Å². The highest BCUT2D eigenvalue weighted by molar-refractivity contribution is 5.66. The standard InChI is InChI=1S/C7H11N.C7H12O2/c1-7(4-5-7)3-2-6-8;1-7(4-5-7)3-2-6(8)9/h2-5H2,1H3;2-5H2,1H3,(H,8,9)/i2*2D2,3D2. The third-order valence-electron chi connectivity index (χ3n) is 2.89. The van der Waals surface area contributed by atoms with Crippen LogP contribution in [0.25, 0.3) is 0 Å². The van der Waals surface area contributed by atoms with Gasteiger partial charge in [0.15, 0.2) is 0 Å². The predicted octanol–water partition coefficient (Wildman–Crippen LogP) is 3.74. The van der Waals surface area contributed by atoms with Crippen molar-refractivity contribution in [3.05, 3.63) is 0 Å². The summed E-state index contributed by atoms with van der Waals surface area (Å²) in [7, 11) is 0. The van der Waals surface area contributed by atoms with Crippen LogP contribution >= 0.6 is 0 Å². The average molecular weight is 245 g/mol. The van der Waals surface area contributed by atoms with Gasteiger partial charge in [0.05, 0.1) is 6.07 Å². The van der Waals surface area contributed by atoms with Crippen molar-refractivity contribution in [2.45, 2.75) is 65.0 Å². The molecule has 0 aromatic carbocycles. The zero-order valence-electron chi connectivity index (χ0n) is 18.1. The summed E-state index contributed by atoms with van der Waals surface area (Å²) >= 11 is 0. The van der Waals surface area contributed by atoms with E-state index in [-0.39, 0.29) is 0 Å². The second-order valence-corrected chi connectivity index (χ2v) is 5.04. The van der Waals surface area contributed by atoms with Crippen LogP contribution in [0.15, 0.2) is 0 Å². The fraction of sp³-hybridized carbons (Fsp3) is 0.857. The summed E-state index contributed by atoms with van der Waals surface area (Å²) in [6, 6.07) is 1.39. The van der Waals surface area contributed by atoms with Crippen LogP contribution < -0.4 is 0 Å². The quantitative estimate of drug-likeness (QED) is 0.802. The van der Waals surface area contributed by atoms with Gasteiger partial charge in [-0.05, 0) is 49.3 Å². The first-order valence-corrected chi connectivity index (χ1v) is 5.57. The number of nitrogens with zero attached hydrogens (tertiary/aromatic N) is 1. The van der Waals surface area contributed by atoms with Crippen molar-refractivity contribution in [3.63, 3.8) is 0 Å². The summed E-state index contributed by atoms with van der Waals surface area (Å²) in [6.07, 6.45) is -7.08. The van der Waals surface area contributed by atoms with Gasteiger partial charge in [-0.15, -0.1) is 0 Å². The Bertz CT molecular complexity index is 588. The summed E-state index contributed by atoms with van der Waals surface area (Å²) in [5.74, 6) is -1.73. The molecular formula is C14H23NO2. The minimum atomic E-state index is -2.81. The van der Waals surface area contributed by atoms with Crippen molar-refractivity contribution in [2.75, 3.05) is 0 Å². The number of hydrogen-bond acceptors (Lipinski definition) is 2. The zero-order valence-corrected chi connectivity index (χ0v) is 10.1. The van der Waals surface area contributed by atoms with E-state index in [1.807, 2.05) is 0 Å². The van der Waals surface area contributed by atoms with Crippen molar-refractivity contribution in [2.24, 2.45) is 10.8 Å². The van der Waals surface area contributed by atoms with E-state index in [1.54, 1.807) is 13.8 Å². The fourth-order valence-electron chi connectivity index (χ4n) is 1.01. The lowest BCUT2D eigenvalue weighted by Crippen LogP contribution is -2.00. The van der Waals surface area contributed by atoms with Gasteiger partial charge < -0.3 is 5.11 Å². The molecule has 0 aliphatic heterocycles. The number of carbonyl (C=O) groups is 1. The summed E-state index contributed by atoms with van der Waals surface area (Å²) < 4.78 is 58.7. The molecule has 0 radical (unpaired) electrons. The molecule has 96 valence electrons. The van der Waals surface area contributed by atoms with E-state index in [2.05, 4.69) is 0 Å². The molecule has 0 atom stereocenters. The van der Waals surface area contributed by atoms with Crippen LogP contribution in [0.3, 0.4) is 0 Å². The van der Waals surface area contributed by atoms with Crippen molar-refractivity contribution < 1.29 is 20.9 Å². The SMILES string of the molecule is [2H]C([2H])(C#N)C([2H])([2H])C1(C)CC1.[2H]C([2H])(C(=O)O)C([2H])([2H])C1(C)CC1.